The second kappa shape index (κ2) is 7.18. The number of piperidine rings is 1. The minimum atomic E-state index is 0.535. The molecule has 1 aromatic rings. The Balaban J connectivity index is 1.59. The van der Waals surface area contributed by atoms with Gasteiger partial charge in [-0.05, 0) is 45.6 Å². The van der Waals surface area contributed by atoms with Gasteiger partial charge in [-0.3, -0.25) is 4.90 Å². The van der Waals surface area contributed by atoms with Crippen LogP contribution in [0.2, 0.25) is 0 Å². The molecular formula is C16H27N3OS. The molecule has 1 N–H and O–H groups in total. The average molecular weight is 309 g/mol. The first-order valence-corrected chi connectivity index (χ1v) is 9.01. The van der Waals surface area contributed by atoms with Gasteiger partial charge in [0.1, 0.15) is 0 Å². The summed E-state index contributed by atoms with van der Waals surface area (Å²) in [6.45, 7) is 6.41. The summed E-state index contributed by atoms with van der Waals surface area (Å²) in [4.78, 5) is 8.74. The number of hydrogen-bond donors (Lipinski definition) is 1. The topological polar surface area (TPSA) is 37.4 Å². The summed E-state index contributed by atoms with van der Waals surface area (Å²) >= 11 is 1.89. The van der Waals surface area contributed by atoms with Crippen molar-refractivity contribution in [1.82, 2.24) is 15.2 Å². The van der Waals surface area contributed by atoms with E-state index in [1.165, 1.54) is 54.2 Å². The van der Waals surface area contributed by atoms with Crippen LogP contribution in [0, 0.1) is 6.92 Å². The van der Waals surface area contributed by atoms with Crippen molar-refractivity contribution in [3.8, 4) is 0 Å². The Kier molecular flexibility index (Phi) is 5.27. The molecular weight excluding hydrogens is 282 g/mol. The van der Waals surface area contributed by atoms with Gasteiger partial charge in [-0.15, -0.1) is 11.3 Å². The molecule has 2 heterocycles. The molecule has 0 bridgehead atoms. The molecule has 1 aliphatic carbocycles. The molecule has 5 heteroatoms. The van der Waals surface area contributed by atoms with Gasteiger partial charge in [0.25, 0.3) is 0 Å². The number of nitrogens with zero attached hydrogens (tertiary/aromatic N) is 2. The van der Waals surface area contributed by atoms with Crippen LogP contribution in [0.25, 0.3) is 0 Å². The van der Waals surface area contributed by atoms with Gasteiger partial charge in [0.2, 0.25) is 0 Å². The smallest absolute Gasteiger partial charge is 0.0900 e. The zero-order chi connectivity index (χ0) is 14.7. The van der Waals surface area contributed by atoms with E-state index in [1.54, 1.807) is 7.11 Å². The number of fused-ring (bicyclic) bond motifs is 1. The maximum atomic E-state index is 5.21. The van der Waals surface area contributed by atoms with Crippen LogP contribution in [0.5, 0.6) is 0 Å². The van der Waals surface area contributed by atoms with E-state index in [0.29, 0.717) is 12.1 Å². The molecule has 1 aliphatic heterocycles. The summed E-state index contributed by atoms with van der Waals surface area (Å²) in [7, 11) is 1.79. The van der Waals surface area contributed by atoms with Gasteiger partial charge >= 0.3 is 0 Å². The van der Waals surface area contributed by atoms with Crippen LogP contribution < -0.4 is 5.32 Å². The van der Waals surface area contributed by atoms with Gasteiger partial charge in [-0.25, -0.2) is 4.98 Å². The van der Waals surface area contributed by atoms with Crippen LogP contribution in [0.4, 0.5) is 0 Å². The first-order valence-electron chi connectivity index (χ1n) is 8.20. The number of likely N-dealkylation sites (tertiary alicyclic amines) is 1. The third kappa shape index (κ3) is 3.83. The second-order valence-electron chi connectivity index (χ2n) is 6.29. The zero-order valence-corrected chi connectivity index (χ0v) is 14.0. The predicted octanol–water partition coefficient (Wildman–Crippen LogP) is 2.53. The fourth-order valence-corrected chi connectivity index (χ4v) is 4.67. The van der Waals surface area contributed by atoms with E-state index in [-0.39, 0.29) is 0 Å². The maximum Gasteiger partial charge on any atom is 0.0900 e. The van der Waals surface area contributed by atoms with E-state index in [2.05, 4.69) is 17.1 Å². The molecule has 3 rings (SSSR count). The lowest BCUT2D eigenvalue weighted by Crippen LogP contribution is -2.47. The van der Waals surface area contributed by atoms with Crippen molar-refractivity contribution in [2.45, 2.75) is 51.1 Å². The van der Waals surface area contributed by atoms with Crippen LogP contribution in [0.3, 0.4) is 0 Å². The molecule has 0 amide bonds. The van der Waals surface area contributed by atoms with Crippen LogP contribution in [-0.4, -0.2) is 49.3 Å². The molecule has 0 spiro atoms. The minimum Gasteiger partial charge on any atom is -0.383 e. The Morgan fingerprint density at radius 2 is 2.29 bits per heavy atom. The molecule has 1 saturated heterocycles. The zero-order valence-electron chi connectivity index (χ0n) is 13.2. The number of aromatic nitrogens is 1. The summed E-state index contributed by atoms with van der Waals surface area (Å²) in [5.41, 5.74) is 1.35. The Labute approximate surface area is 131 Å². The van der Waals surface area contributed by atoms with Crippen molar-refractivity contribution in [1.29, 1.82) is 0 Å². The summed E-state index contributed by atoms with van der Waals surface area (Å²) in [6, 6.07) is 1.15. The van der Waals surface area contributed by atoms with Crippen LogP contribution in [-0.2, 0) is 11.2 Å². The van der Waals surface area contributed by atoms with E-state index in [4.69, 9.17) is 9.72 Å². The van der Waals surface area contributed by atoms with Gasteiger partial charge in [-0.1, -0.05) is 0 Å². The number of methoxy groups -OCH3 is 1. The normalized spacial score (nSPS) is 26.8. The van der Waals surface area contributed by atoms with Crippen molar-refractivity contribution >= 4 is 11.3 Å². The lowest BCUT2D eigenvalue weighted by Gasteiger charge is -2.36. The summed E-state index contributed by atoms with van der Waals surface area (Å²) < 4.78 is 5.21. The number of ether oxygens (including phenoxy) is 1. The van der Waals surface area contributed by atoms with Gasteiger partial charge in [0.05, 0.1) is 17.3 Å². The number of nitrogens with one attached hydrogen (secondary N) is 1. The standard InChI is InChI=1S/C16H27N3OS/c1-12-17-14-6-3-7-15(16(14)21-12)18-13-5-4-8-19(11-13)9-10-20-2/h13,15,18H,3-11H2,1-2H3/t13-,15+/m0/s1. The third-order valence-corrected chi connectivity index (χ3v) is 5.74. The molecule has 1 fully saturated rings. The SMILES string of the molecule is COCCN1CCC[C@H](N[C@@H]2CCCc3nc(C)sc32)C1. The summed E-state index contributed by atoms with van der Waals surface area (Å²) in [5, 5.41) is 5.14. The number of thiazole rings is 1. The van der Waals surface area contributed by atoms with Gasteiger partial charge < -0.3 is 10.1 Å². The quantitative estimate of drug-likeness (QED) is 0.907. The molecule has 2 atom stereocenters. The molecule has 0 unspecified atom stereocenters. The van der Waals surface area contributed by atoms with E-state index in [1.807, 2.05) is 11.3 Å². The van der Waals surface area contributed by atoms with Crippen molar-refractivity contribution < 1.29 is 4.74 Å². The van der Waals surface area contributed by atoms with Crippen molar-refractivity contribution in [2.75, 3.05) is 33.4 Å². The highest BCUT2D eigenvalue weighted by atomic mass is 32.1. The van der Waals surface area contributed by atoms with Crippen LogP contribution in [0.15, 0.2) is 0 Å². The van der Waals surface area contributed by atoms with E-state index < -0.39 is 0 Å². The highest BCUT2D eigenvalue weighted by Crippen LogP contribution is 2.34. The molecule has 0 radical (unpaired) electrons. The maximum absolute atomic E-state index is 5.21. The Bertz CT molecular complexity index is 462. The van der Waals surface area contributed by atoms with Gasteiger partial charge in [0.15, 0.2) is 0 Å². The second-order valence-corrected chi connectivity index (χ2v) is 7.52. The Morgan fingerprint density at radius 3 is 3.14 bits per heavy atom. The molecule has 118 valence electrons. The molecule has 2 aliphatic rings. The first-order chi connectivity index (χ1) is 10.3. The predicted molar refractivity (Wildman–Crippen MR) is 87.0 cm³/mol. The number of hydrogen-bond acceptors (Lipinski definition) is 5. The Hall–Kier alpha value is -0.490. The monoisotopic (exact) mass is 309 g/mol. The fraction of sp³-hybridized carbons (Fsp3) is 0.812. The van der Waals surface area contributed by atoms with Crippen LogP contribution >= 0.6 is 11.3 Å². The third-order valence-electron chi connectivity index (χ3n) is 4.61. The molecule has 1 aromatic heterocycles. The van der Waals surface area contributed by atoms with Crippen molar-refractivity contribution in [2.24, 2.45) is 0 Å². The van der Waals surface area contributed by atoms with Crippen molar-refractivity contribution in [3.63, 3.8) is 0 Å². The molecule has 4 nitrogen and oxygen atoms in total. The lowest BCUT2D eigenvalue weighted by atomic mass is 9.96. The lowest BCUT2D eigenvalue weighted by molar-refractivity contribution is 0.119. The molecule has 0 saturated carbocycles. The van der Waals surface area contributed by atoms with E-state index in [0.717, 1.165) is 19.7 Å². The first kappa shape index (κ1) is 15.4. The summed E-state index contributed by atoms with van der Waals surface area (Å²) in [6.07, 6.45) is 6.30. The highest BCUT2D eigenvalue weighted by molar-refractivity contribution is 7.11. The molecule has 21 heavy (non-hydrogen) atoms. The van der Waals surface area contributed by atoms with Crippen LogP contribution in [0.1, 0.15) is 47.3 Å². The number of rotatable bonds is 5. The largest absolute Gasteiger partial charge is 0.383 e. The van der Waals surface area contributed by atoms with Gasteiger partial charge in [0, 0.05) is 37.2 Å². The highest BCUT2D eigenvalue weighted by Gasteiger charge is 2.27. The van der Waals surface area contributed by atoms with E-state index >= 15 is 0 Å². The van der Waals surface area contributed by atoms with Gasteiger partial charge in [-0.2, -0.15) is 0 Å². The number of aryl methyl sites for hydroxylation is 2. The fourth-order valence-electron chi connectivity index (χ4n) is 3.60. The average Bonchev–Trinajstić information content (AvgIpc) is 2.87. The molecule has 0 aromatic carbocycles. The van der Waals surface area contributed by atoms with Crippen molar-refractivity contribution in [3.05, 3.63) is 15.6 Å². The van der Waals surface area contributed by atoms with E-state index in [9.17, 15) is 0 Å². The Morgan fingerprint density at radius 1 is 1.38 bits per heavy atom. The summed E-state index contributed by atoms with van der Waals surface area (Å²) in [5.74, 6) is 0. The minimum absolute atomic E-state index is 0.535.